The minimum atomic E-state index is -0.492. The fourth-order valence-electron chi connectivity index (χ4n) is 4.18. The standard InChI is InChI=1S/C31H28O6/c1-18-14-24(15-19(2)28(18)36-30(33)22-6-10-26(32)11-7-22)25-16-20(3)29(21(4)17-25)37-31(34)23-8-12-27(35-5)13-9-23/h6-17,32H,1-5H3. The molecular weight excluding hydrogens is 468 g/mol. The van der Waals surface area contributed by atoms with Crippen LogP contribution in [0, 0.1) is 27.7 Å². The van der Waals surface area contributed by atoms with E-state index in [1.165, 1.54) is 24.3 Å². The Labute approximate surface area is 216 Å². The van der Waals surface area contributed by atoms with E-state index in [1.807, 2.05) is 52.0 Å². The third kappa shape index (κ3) is 5.64. The Morgan fingerprint density at radius 3 is 1.30 bits per heavy atom. The molecule has 0 unspecified atom stereocenters. The molecule has 0 bridgehead atoms. The number of methoxy groups -OCH3 is 1. The number of phenols is 1. The van der Waals surface area contributed by atoms with Crippen LogP contribution < -0.4 is 14.2 Å². The second-order valence-electron chi connectivity index (χ2n) is 8.93. The van der Waals surface area contributed by atoms with Crippen molar-refractivity contribution in [3.63, 3.8) is 0 Å². The average molecular weight is 497 g/mol. The maximum atomic E-state index is 12.7. The lowest BCUT2D eigenvalue weighted by Crippen LogP contribution is -2.10. The van der Waals surface area contributed by atoms with Gasteiger partial charge in [0.2, 0.25) is 0 Å². The zero-order chi connectivity index (χ0) is 26.7. The lowest BCUT2D eigenvalue weighted by Gasteiger charge is -2.16. The Balaban J connectivity index is 1.56. The van der Waals surface area contributed by atoms with E-state index in [-0.39, 0.29) is 5.75 Å². The molecule has 0 heterocycles. The number of phenolic OH excluding ortho intramolecular Hbond substituents is 1. The average Bonchev–Trinajstić information content (AvgIpc) is 2.88. The number of ether oxygens (including phenoxy) is 3. The molecule has 0 saturated heterocycles. The molecule has 6 heteroatoms. The van der Waals surface area contributed by atoms with Crippen molar-refractivity contribution in [2.75, 3.05) is 7.11 Å². The van der Waals surface area contributed by atoms with Gasteiger partial charge in [0.1, 0.15) is 23.0 Å². The van der Waals surface area contributed by atoms with Crippen LogP contribution in [0.4, 0.5) is 0 Å². The van der Waals surface area contributed by atoms with Gasteiger partial charge < -0.3 is 19.3 Å². The summed E-state index contributed by atoms with van der Waals surface area (Å²) in [5, 5.41) is 9.44. The number of carbonyl (C=O) groups is 2. The van der Waals surface area contributed by atoms with Crippen LogP contribution in [0.5, 0.6) is 23.0 Å². The van der Waals surface area contributed by atoms with Crippen LogP contribution in [0.2, 0.25) is 0 Å². The van der Waals surface area contributed by atoms with E-state index in [1.54, 1.807) is 31.4 Å². The molecule has 37 heavy (non-hydrogen) atoms. The fourth-order valence-corrected chi connectivity index (χ4v) is 4.18. The van der Waals surface area contributed by atoms with Gasteiger partial charge in [0.25, 0.3) is 0 Å². The van der Waals surface area contributed by atoms with Crippen molar-refractivity contribution < 1.29 is 28.9 Å². The van der Waals surface area contributed by atoms with Crippen LogP contribution in [-0.2, 0) is 0 Å². The highest BCUT2D eigenvalue weighted by molar-refractivity contribution is 5.92. The zero-order valence-corrected chi connectivity index (χ0v) is 21.4. The van der Waals surface area contributed by atoms with Gasteiger partial charge in [0.15, 0.2) is 0 Å². The van der Waals surface area contributed by atoms with Crippen LogP contribution in [0.25, 0.3) is 11.1 Å². The molecule has 0 fully saturated rings. The van der Waals surface area contributed by atoms with E-state index in [4.69, 9.17) is 14.2 Å². The molecule has 4 rings (SSSR count). The van der Waals surface area contributed by atoms with Crippen molar-refractivity contribution in [2.24, 2.45) is 0 Å². The van der Waals surface area contributed by atoms with Gasteiger partial charge in [0, 0.05) is 0 Å². The number of aromatic hydroxyl groups is 1. The number of rotatable bonds is 6. The molecule has 4 aromatic rings. The predicted molar refractivity (Wildman–Crippen MR) is 142 cm³/mol. The van der Waals surface area contributed by atoms with Crippen LogP contribution in [0.1, 0.15) is 43.0 Å². The summed E-state index contributed by atoms with van der Waals surface area (Å²) in [5.74, 6) is 0.847. The molecular formula is C31H28O6. The molecule has 0 aliphatic carbocycles. The monoisotopic (exact) mass is 496 g/mol. The Bertz CT molecular complexity index is 1420. The molecule has 0 atom stereocenters. The van der Waals surface area contributed by atoms with Gasteiger partial charge in [-0.15, -0.1) is 0 Å². The molecule has 0 spiro atoms. The second-order valence-corrected chi connectivity index (χ2v) is 8.93. The molecule has 0 amide bonds. The van der Waals surface area contributed by atoms with Crippen LogP contribution >= 0.6 is 0 Å². The number of carbonyl (C=O) groups excluding carboxylic acids is 2. The number of esters is 2. The number of aryl methyl sites for hydroxylation is 4. The predicted octanol–water partition coefficient (Wildman–Crippen LogP) is 6.74. The molecule has 6 nitrogen and oxygen atoms in total. The second kappa shape index (κ2) is 10.6. The highest BCUT2D eigenvalue weighted by atomic mass is 16.5. The van der Waals surface area contributed by atoms with Gasteiger partial charge in [-0.25, -0.2) is 9.59 Å². The van der Waals surface area contributed by atoms with E-state index >= 15 is 0 Å². The first-order valence-electron chi connectivity index (χ1n) is 11.8. The van der Waals surface area contributed by atoms with Gasteiger partial charge >= 0.3 is 11.9 Å². The molecule has 0 saturated carbocycles. The van der Waals surface area contributed by atoms with E-state index < -0.39 is 11.9 Å². The minimum absolute atomic E-state index is 0.0837. The topological polar surface area (TPSA) is 82.1 Å². The first-order chi connectivity index (χ1) is 17.7. The Morgan fingerprint density at radius 2 is 0.946 bits per heavy atom. The first kappa shape index (κ1) is 25.5. The molecule has 0 aromatic heterocycles. The molecule has 4 aromatic carbocycles. The van der Waals surface area contributed by atoms with E-state index in [0.717, 1.165) is 33.4 Å². The first-order valence-corrected chi connectivity index (χ1v) is 11.8. The third-order valence-electron chi connectivity index (χ3n) is 6.07. The number of hydrogen-bond acceptors (Lipinski definition) is 6. The van der Waals surface area contributed by atoms with Crippen molar-refractivity contribution in [1.82, 2.24) is 0 Å². The molecule has 0 aliphatic heterocycles. The minimum Gasteiger partial charge on any atom is -0.508 e. The zero-order valence-electron chi connectivity index (χ0n) is 21.4. The van der Waals surface area contributed by atoms with Crippen LogP contribution in [0.3, 0.4) is 0 Å². The third-order valence-corrected chi connectivity index (χ3v) is 6.07. The van der Waals surface area contributed by atoms with Gasteiger partial charge in [-0.1, -0.05) is 0 Å². The maximum Gasteiger partial charge on any atom is 0.343 e. The molecule has 0 radical (unpaired) electrons. The van der Waals surface area contributed by atoms with E-state index in [0.29, 0.717) is 28.4 Å². The molecule has 1 N–H and O–H groups in total. The van der Waals surface area contributed by atoms with E-state index in [9.17, 15) is 14.7 Å². The Morgan fingerprint density at radius 1 is 0.595 bits per heavy atom. The smallest absolute Gasteiger partial charge is 0.343 e. The lowest BCUT2D eigenvalue weighted by atomic mass is 9.96. The van der Waals surface area contributed by atoms with Crippen LogP contribution in [0.15, 0.2) is 72.8 Å². The highest BCUT2D eigenvalue weighted by Gasteiger charge is 2.17. The van der Waals surface area contributed by atoms with Crippen molar-refractivity contribution in [2.45, 2.75) is 27.7 Å². The van der Waals surface area contributed by atoms with Crippen molar-refractivity contribution in [1.29, 1.82) is 0 Å². The van der Waals surface area contributed by atoms with Crippen LogP contribution in [-0.4, -0.2) is 24.2 Å². The maximum absolute atomic E-state index is 12.7. The van der Waals surface area contributed by atoms with Crippen molar-refractivity contribution in [3.05, 3.63) is 106 Å². The summed E-state index contributed by atoms with van der Waals surface area (Å²) in [6.07, 6.45) is 0. The molecule has 188 valence electrons. The largest absolute Gasteiger partial charge is 0.508 e. The summed E-state index contributed by atoms with van der Waals surface area (Å²) in [4.78, 5) is 25.3. The van der Waals surface area contributed by atoms with Gasteiger partial charge in [-0.3, -0.25) is 0 Å². The summed E-state index contributed by atoms with van der Waals surface area (Å²) in [6, 6.07) is 20.6. The van der Waals surface area contributed by atoms with E-state index in [2.05, 4.69) is 0 Å². The summed E-state index contributed by atoms with van der Waals surface area (Å²) >= 11 is 0. The summed E-state index contributed by atoms with van der Waals surface area (Å²) in [7, 11) is 1.57. The van der Waals surface area contributed by atoms with Gasteiger partial charge in [-0.2, -0.15) is 0 Å². The number of hydrogen-bond donors (Lipinski definition) is 1. The van der Waals surface area contributed by atoms with Gasteiger partial charge in [-0.05, 0) is 134 Å². The van der Waals surface area contributed by atoms with Crippen molar-refractivity contribution >= 4 is 11.9 Å². The highest BCUT2D eigenvalue weighted by Crippen LogP contribution is 2.35. The Hall–Kier alpha value is -4.58. The number of benzene rings is 4. The van der Waals surface area contributed by atoms with Gasteiger partial charge in [0.05, 0.1) is 18.2 Å². The Kier molecular flexibility index (Phi) is 7.30. The summed E-state index contributed by atoms with van der Waals surface area (Å²) in [5.41, 5.74) is 5.99. The molecule has 0 aliphatic rings. The lowest BCUT2D eigenvalue weighted by molar-refractivity contribution is 0.0723. The normalized spacial score (nSPS) is 10.6. The van der Waals surface area contributed by atoms with Crippen molar-refractivity contribution in [3.8, 4) is 34.1 Å². The summed E-state index contributed by atoms with van der Waals surface area (Å²) in [6.45, 7) is 7.59. The fraction of sp³-hybridized carbons (Fsp3) is 0.161. The summed E-state index contributed by atoms with van der Waals surface area (Å²) < 4.78 is 16.5. The SMILES string of the molecule is COc1ccc(C(=O)Oc2c(C)cc(-c3cc(C)c(OC(=O)c4ccc(O)cc4)c(C)c3)cc2C)cc1. The quantitative estimate of drug-likeness (QED) is 0.235.